The van der Waals surface area contributed by atoms with Gasteiger partial charge in [-0.3, -0.25) is 4.79 Å². The zero-order chi connectivity index (χ0) is 6.41. The predicted molar refractivity (Wildman–Crippen MR) is 33.8 cm³/mol. The van der Waals surface area contributed by atoms with E-state index in [1.54, 1.807) is 0 Å². The molecule has 0 atom stereocenters. The van der Waals surface area contributed by atoms with Gasteiger partial charge in [-0.2, -0.15) is 0 Å². The summed E-state index contributed by atoms with van der Waals surface area (Å²) in [6, 6.07) is 0. The molecule has 8 heavy (non-hydrogen) atoms. The number of hydrogen-bond donors (Lipinski definition) is 1. The number of hydrogen-bond acceptors (Lipinski definition) is 2. The lowest BCUT2D eigenvalue weighted by atomic mass is 10.8. The molecule has 0 fully saturated rings. The first-order valence-corrected chi connectivity index (χ1v) is 3.16. The first kappa shape index (κ1) is 7.38. The number of thioether (sulfide) groups is 1. The van der Waals surface area contributed by atoms with E-state index in [1.165, 1.54) is 11.8 Å². The lowest BCUT2D eigenvalue weighted by Gasteiger charge is -1.86. The van der Waals surface area contributed by atoms with Crippen molar-refractivity contribution >= 4 is 17.7 Å². The topological polar surface area (TPSA) is 37.3 Å². The van der Waals surface area contributed by atoms with Gasteiger partial charge in [-0.15, -0.1) is 18.2 Å². The monoisotopic (exact) mass is 130 g/mol. The summed E-state index contributed by atoms with van der Waals surface area (Å²) >= 11 is 1.23. The van der Waals surface area contributed by atoms with Gasteiger partial charge in [-0.05, 0) is 0 Å². The third kappa shape index (κ3) is 5.38. The van der Waals surface area contributed by atoms with E-state index in [9.17, 15) is 4.79 Å². The number of aliphatic carboxylic acids is 1. The first-order valence-electron chi connectivity index (χ1n) is 2.00. The summed E-state index contributed by atoms with van der Waals surface area (Å²) in [6.45, 7) is 0. The van der Waals surface area contributed by atoms with E-state index >= 15 is 0 Å². The van der Waals surface area contributed by atoms with Gasteiger partial charge >= 0.3 is 5.97 Å². The molecule has 0 aliphatic carbocycles. The van der Waals surface area contributed by atoms with Crippen LogP contribution < -0.4 is 0 Å². The molecule has 2 nitrogen and oxygen atoms in total. The second kappa shape index (κ2) is 4.54. The van der Waals surface area contributed by atoms with Crippen molar-refractivity contribution in [3.63, 3.8) is 0 Å². The molecule has 0 bridgehead atoms. The molecule has 0 radical (unpaired) electrons. The SMILES string of the molecule is C#CCSCC(=O)O. The van der Waals surface area contributed by atoms with Gasteiger partial charge in [0.05, 0.1) is 11.5 Å². The minimum absolute atomic E-state index is 0.101. The Labute approximate surface area is 52.3 Å². The standard InChI is InChI=1S/C5H6O2S/c1-2-3-8-4-5(6)7/h1H,3-4H2,(H,6,7). The normalized spacial score (nSPS) is 7.88. The molecule has 0 aromatic carbocycles. The van der Waals surface area contributed by atoms with Crippen LogP contribution in [0.25, 0.3) is 0 Å². The maximum atomic E-state index is 9.78. The van der Waals surface area contributed by atoms with Crippen molar-refractivity contribution in [1.82, 2.24) is 0 Å². The lowest BCUT2D eigenvalue weighted by Crippen LogP contribution is -1.97. The number of carbonyl (C=O) groups is 1. The molecule has 0 aromatic rings. The molecule has 0 spiro atoms. The smallest absolute Gasteiger partial charge is 0.313 e. The van der Waals surface area contributed by atoms with E-state index < -0.39 is 5.97 Å². The molecule has 0 amide bonds. The Morgan fingerprint density at radius 2 is 2.50 bits per heavy atom. The fourth-order valence-corrected chi connectivity index (χ4v) is 0.592. The van der Waals surface area contributed by atoms with Gasteiger partial charge in [-0.1, -0.05) is 5.92 Å². The number of carboxylic acid groups (broad SMARTS) is 1. The Morgan fingerprint density at radius 3 is 2.88 bits per heavy atom. The Balaban J connectivity index is 2.97. The van der Waals surface area contributed by atoms with E-state index in [4.69, 9.17) is 11.5 Å². The van der Waals surface area contributed by atoms with E-state index in [0.29, 0.717) is 5.75 Å². The number of carboxylic acids is 1. The van der Waals surface area contributed by atoms with Crippen LogP contribution in [-0.2, 0) is 4.79 Å². The second-order valence-corrected chi connectivity index (χ2v) is 2.08. The highest BCUT2D eigenvalue weighted by Gasteiger charge is 1.92. The molecule has 44 valence electrons. The van der Waals surface area contributed by atoms with Crippen LogP contribution >= 0.6 is 11.8 Å². The van der Waals surface area contributed by atoms with Gasteiger partial charge in [0.1, 0.15) is 0 Å². The van der Waals surface area contributed by atoms with E-state index in [0.717, 1.165) is 0 Å². The zero-order valence-electron chi connectivity index (χ0n) is 4.26. The minimum atomic E-state index is -0.815. The van der Waals surface area contributed by atoms with Crippen molar-refractivity contribution in [2.45, 2.75) is 0 Å². The van der Waals surface area contributed by atoms with Gasteiger partial charge in [0.25, 0.3) is 0 Å². The highest BCUT2D eigenvalue weighted by Crippen LogP contribution is 1.95. The Morgan fingerprint density at radius 1 is 1.88 bits per heavy atom. The first-order chi connectivity index (χ1) is 3.77. The molecule has 0 aromatic heterocycles. The maximum Gasteiger partial charge on any atom is 0.313 e. The fraction of sp³-hybridized carbons (Fsp3) is 0.400. The van der Waals surface area contributed by atoms with Crippen molar-refractivity contribution in [2.24, 2.45) is 0 Å². The molecular formula is C5H6O2S. The van der Waals surface area contributed by atoms with Crippen LogP contribution in [0.15, 0.2) is 0 Å². The van der Waals surface area contributed by atoms with Gasteiger partial charge in [0, 0.05) is 0 Å². The molecule has 0 aliphatic heterocycles. The van der Waals surface area contributed by atoms with Gasteiger partial charge < -0.3 is 5.11 Å². The average molecular weight is 130 g/mol. The van der Waals surface area contributed by atoms with Crippen molar-refractivity contribution in [3.8, 4) is 12.3 Å². The van der Waals surface area contributed by atoms with Crippen LogP contribution in [0.2, 0.25) is 0 Å². The second-order valence-electron chi connectivity index (χ2n) is 1.09. The summed E-state index contributed by atoms with van der Waals surface area (Å²) in [5, 5.41) is 8.05. The molecule has 3 heteroatoms. The molecular weight excluding hydrogens is 124 g/mol. The Kier molecular flexibility index (Phi) is 4.19. The van der Waals surface area contributed by atoms with Crippen molar-refractivity contribution in [2.75, 3.05) is 11.5 Å². The zero-order valence-corrected chi connectivity index (χ0v) is 5.07. The molecule has 0 heterocycles. The van der Waals surface area contributed by atoms with E-state index in [2.05, 4.69) is 5.92 Å². The molecule has 0 unspecified atom stereocenters. The summed E-state index contributed by atoms with van der Waals surface area (Å²) in [5.74, 6) is 2.09. The van der Waals surface area contributed by atoms with E-state index in [1.807, 2.05) is 0 Å². The predicted octanol–water partition coefficient (Wildman–Crippen LogP) is 0.437. The van der Waals surface area contributed by atoms with Crippen LogP contribution in [0.1, 0.15) is 0 Å². The molecule has 0 aliphatic rings. The molecule has 0 saturated heterocycles. The van der Waals surface area contributed by atoms with Crippen LogP contribution in [0.4, 0.5) is 0 Å². The van der Waals surface area contributed by atoms with Crippen LogP contribution in [0, 0.1) is 12.3 Å². The van der Waals surface area contributed by atoms with Crippen LogP contribution in [-0.4, -0.2) is 22.6 Å². The highest BCUT2D eigenvalue weighted by atomic mass is 32.2. The third-order valence-corrected chi connectivity index (χ3v) is 1.23. The largest absolute Gasteiger partial charge is 0.481 e. The van der Waals surface area contributed by atoms with Gasteiger partial charge in [-0.25, -0.2) is 0 Å². The quantitative estimate of drug-likeness (QED) is 0.445. The maximum absolute atomic E-state index is 9.78. The summed E-state index contributed by atoms with van der Waals surface area (Å²) in [5.41, 5.74) is 0. The molecule has 1 N–H and O–H groups in total. The third-order valence-electron chi connectivity index (χ3n) is 0.411. The number of rotatable bonds is 3. The number of terminal acetylenes is 1. The van der Waals surface area contributed by atoms with E-state index in [-0.39, 0.29) is 5.75 Å². The lowest BCUT2D eigenvalue weighted by molar-refractivity contribution is -0.133. The molecule has 0 rings (SSSR count). The summed E-state index contributed by atoms with van der Waals surface area (Å²) in [6.07, 6.45) is 4.85. The fourth-order valence-electron chi connectivity index (χ4n) is 0.197. The van der Waals surface area contributed by atoms with Gasteiger partial charge in [0.2, 0.25) is 0 Å². The average Bonchev–Trinajstić information content (AvgIpc) is 1.66. The van der Waals surface area contributed by atoms with Crippen LogP contribution in [0.5, 0.6) is 0 Å². The highest BCUT2D eigenvalue weighted by molar-refractivity contribution is 8.00. The minimum Gasteiger partial charge on any atom is -0.481 e. The summed E-state index contributed by atoms with van der Waals surface area (Å²) in [4.78, 5) is 9.78. The molecule has 0 saturated carbocycles. The van der Waals surface area contributed by atoms with Crippen molar-refractivity contribution in [1.29, 1.82) is 0 Å². The van der Waals surface area contributed by atoms with Crippen LogP contribution in [0.3, 0.4) is 0 Å². The summed E-state index contributed by atoms with van der Waals surface area (Å²) in [7, 11) is 0. The Hall–Kier alpha value is -0.620. The van der Waals surface area contributed by atoms with Gasteiger partial charge in [0.15, 0.2) is 0 Å². The Bertz CT molecular complexity index is 114. The summed E-state index contributed by atoms with van der Waals surface area (Å²) < 4.78 is 0. The van der Waals surface area contributed by atoms with Crippen molar-refractivity contribution < 1.29 is 9.90 Å². The van der Waals surface area contributed by atoms with Crippen molar-refractivity contribution in [3.05, 3.63) is 0 Å².